The number of carbonyl (C=O) groups is 1. The first-order valence-electron chi connectivity index (χ1n) is 12.7. The minimum atomic E-state index is -0.327. The van der Waals surface area contributed by atoms with E-state index in [1.165, 1.54) is 51.4 Å². The van der Waals surface area contributed by atoms with Gasteiger partial charge in [0.25, 0.3) is 0 Å². The van der Waals surface area contributed by atoms with Crippen molar-refractivity contribution in [2.75, 3.05) is 49.2 Å². The molecule has 3 N–H and O–H groups in total. The second-order valence-electron chi connectivity index (χ2n) is 10.2. The van der Waals surface area contributed by atoms with Crippen LogP contribution >= 0.6 is 0 Å². The van der Waals surface area contributed by atoms with Crippen LogP contribution in [0.3, 0.4) is 0 Å². The van der Waals surface area contributed by atoms with Gasteiger partial charge in [0.05, 0.1) is 23.9 Å². The van der Waals surface area contributed by atoms with E-state index in [9.17, 15) is 4.79 Å². The molecule has 4 rings (SSSR count). The van der Waals surface area contributed by atoms with E-state index in [1.807, 2.05) is 0 Å². The van der Waals surface area contributed by atoms with Crippen molar-refractivity contribution < 1.29 is 9.53 Å². The molecule has 178 valence electrons. The number of nitrogens with zero attached hydrogens (tertiary/aromatic N) is 2. The number of esters is 1. The van der Waals surface area contributed by atoms with Crippen molar-refractivity contribution >= 4 is 23.0 Å². The highest BCUT2D eigenvalue weighted by atomic mass is 16.5. The number of benzene rings is 1. The standard InChI is InChI=1S/C26H42N4O2/c1-20-7-6-16-30(20)21-10-17-29(18-11-21)22-8-9-24(23(27)19-22)28-15-14-26(25(31)32-2)12-4-3-5-13-26/h8-9,19-21,28H,3-7,10-18,27H2,1-2H3. The van der Waals surface area contributed by atoms with Crippen LogP contribution in [0.5, 0.6) is 0 Å². The second-order valence-corrected chi connectivity index (χ2v) is 10.2. The molecule has 3 aliphatic rings. The van der Waals surface area contributed by atoms with Gasteiger partial charge in [0.15, 0.2) is 0 Å². The van der Waals surface area contributed by atoms with Crippen molar-refractivity contribution in [2.45, 2.75) is 83.2 Å². The van der Waals surface area contributed by atoms with Gasteiger partial charge in [-0.1, -0.05) is 19.3 Å². The summed E-state index contributed by atoms with van der Waals surface area (Å²) in [6, 6.07) is 7.89. The molecule has 0 amide bonds. The summed E-state index contributed by atoms with van der Waals surface area (Å²) in [7, 11) is 1.51. The predicted octanol–water partition coefficient (Wildman–Crippen LogP) is 4.65. The third-order valence-corrected chi connectivity index (χ3v) is 8.29. The van der Waals surface area contributed by atoms with E-state index < -0.39 is 0 Å². The van der Waals surface area contributed by atoms with E-state index in [0.29, 0.717) is 0 Å². The van der Waals surface area contributed by atoms with E-state index in [-0.39, 0.29) is 11.4 Å². The summed E-state index contributed by atoms with van der Waals surface area (Å²) in [4.78, 5) is 17.7. The van der Waals surface area contributed by atoms with Crippen LogP contribution in [0.15, 0.2) is 18.2 Å². The predicted molar refractivity (Wildman–Crippen MR) is 132 cm³/mol. The van der Waals surface area contributed by atoms with E-state index in [1.54, 1.807) is 0 Å². The first-order valence-corrected chi connectivity index (χ1v) is 12.7. The Morgan fingerprint density at radius 3 is 2.50 bits per heavy atom. The summed E-state index contributed by atoms with van der Waals surface area (Å²) in [5.41, 5.74) is 9.07. The van der Waals surface area contributed by atoms with Gasteiger partial charge >= 0.3 is 5.97 Å². The van der Waals surface area contributed by atoms with Crippen molar-refractivity contribution in [1.29, 1.82) is 0 Å². The van der Waals surface area contributed by atoms with Crippen LogP contribution in [0.25, 0.3) is 0 Å². The van der Waals surface area contributed by atoms with Gasteiger partial charge in [0.2, 0.25) is 0 Å². The van der Waals surface area contributed by atoms with Gasteiger partial charge in [-0.3, -0.25) is 9.69 Å². The summed E-state index contributed by atoms with van der Waals surface area (Å²) in [6.07, 6.45) is 11.3. The highest BCUT2D eigenvalue weighted by molar-refractivity contribution is 5.77. The molecule has 3 fully saturated rings. The number of anilines is 3. The molecule has 1 unspecified atom stereocenters. The fourth-order valence-electron chi connectivity index (χ4n) is 6.30. The molecule has 2 aliphatic heterocycles. The van der Waals surface area contributed by atoms with Gasteiger partial charge in [0.1, 0.15) is 0 Å². The van der Waals surface area contributed by atoms with Gasteiger partial charge in [0, 0.05) is 37.4 Å². The lowest BCUT2D eigenvalue weighted by Crippen LogP contribution is -2.46. The minimum Gasteiger partial charge on any atom is -0.469 e. The van der Waals surface area contributed by atoms with Crippen molar-refractivity contribution in [3.8, 4) is 0 Å². The maximum Gasteiger partial charge on any atom is 0.311 e. The number of likely N-dealkylation sites (tertiary alicyclic amines) is 1. The molecule has 2 saturated heterocycles. The lowest BCUT2D eigenvalue weighted by atomic mass is 9.72. The Balaban J connectivity index is 1.30. The van der Waals surface area contributed by atoms with Gasteiger partial charge in [-0.05, 0) is 76.6 Å². The zero-order valence-corrected chi connectivity index (χ0v) is 20.1. The van der Waals surface area contributed by atoms with Crippen molar-refractivity contribution in [3.05, 3.63) is 18.2 Å². The molecule has 1 aliphatic carbocycles. The molecule has 1 aromatic rings. The van der Waals surface area contributed by atoms with Crippen molar-refractivity contribution in [3.63, 3.8) is 0 Å². The van der Waals surface area contributed by atoms with E-state index in [4.69, 9.17) is 10.5 Å². The first-order chi connectivity index (χ1) is 15.5. The summed E-state index contributed by atoms with van der Waals surface area (Å²) in [6.45, 7) is 6.59. The number of rotatable bonds is 7. The topological polar surface area (TPSA) is 70.8 Å². The van der Waals surface area contributed by atoms with Crippen LogP contribution in [0.4, 0.5) is 17.1 Å². The summed E-state index contributed by atoms with van der Waals surface area (Å²) in [5, 5.41) is 3.49. The molecular weight excluding hydrogens is 400 g/mol. The fourth-order valence-corrected chi connectivity index (χ4v) is 6.30. The molecule has 1 atom stereocenters. The maximum atomic E-state index is 12.5. The average molecular weight is 443 g/mol. The Morgan fingerprint density at radius 2 is 1.88 bits per heavy atom. The van der Waals surface area contributed by atoms with Gasteiger partial charge < -0.3 is 20.7 Å². The smallest absolute Gasteiger partial charge is 0.311 e. The molecule has 6 heteroatoms. The number of ether oxygens (including phenoxy) is 1. The first kappa shape index (κ1) is 23.2. The van der Waals surface area contributed by atoms with Gasteiger partial charge in [-0.2, -0.15) is 0 Å². The van der Waals surface area contributed by atoms with E-state index in [0.717, 1.165) is 75.2 Å². The third kappa shape index (κ3) is 5.00. The largest absolute Gasteiger partial charge is 0.469 e. The second kappa shape index (κ2) is 10.3. The van der Waals surface area contributed by atoms with Gasteiger partial charge in [-0.15, -0.1) is 0 Å². The van der Waals surface area contributed by atoms with Crippen LogP contribution < -0.4 is 16.0 Å². The summed E-state index contributed by atoms with van der Waals surface area (Å²) >= 11 is 0. The maximum absolute atomic E-state index is 12.5. The zero-order valence-electron chi connectivity index (χ0n) is 20.1. The Hall–Kier alpha value is -1.95. The number of hydrogen-bond acceptors (Lipinski definition) is 6. The number of carbonyl (C=O) groups excluding carboxylic acids is 1. The normalized spacial score (nSPS) is 24.4. The molecule has 1 aromatic carbocycles. The highest BCUT2D eigenvalue weighted by Crippen LogP contribution is 2.40. The van der Waals surface area contributed by atoms with E-state index >= 15 is 0 Å². The van der Waals surface area contributed by atoms with Crippen LogP contribution in [0.1, 0.15) is 71.1 Å². The Kier molecular flexibility index (Phi) is 7.49. The molecule has 0 radical (unpaired) electrons. The Bertz CT molecular complexity index is 769. The van der Waals surface area contributed by atoms with Crippen molar-refractivity contribution in [1.82, 2.24) is 4.90 Å². The molecule has 2 heterocycles. The monoisotopic (exact) mass is 442 g/mol. The Labute approximate surface area is 193 Å². The van der Waals surface area contributed by atoms with Crippen LogP contribution in [0, 0.1) is 5.41 Å². The number of piperidine rings is 1. The fraction of sp³-hybridized carbons (Fsp3) is 0.731. The number of nitrogens with two attached hydrogens (primary N) is 1. The van der Waals surface area contributed by atoms with Crippen LogP contribution in [0.2, 0.25) is 0 Å². The van der Waals surface area contributed by atoms with Crippen LogP contribution in [-0.4, -0.2) is 56.2 Å². The highest BCUT2D eigenvalue weighted by Gasteiger charge is 2.40. The number of nitrogen functional groups attached to an aromatic ring is 1. The minimum absolute atomic E-state index is 0.0472. The quantitative estimate of drug-likeness (QED) is 0.473. The third-order valence-electron chi connectivity index (χ3n) is 8.29. The molecule has 32 heavy (non-hydrogen) atoms. The summed E-state index contributed by atoms with van der Waals surface area (Å²) < 4.78 is 5.15. The average Bonchev–Trinajstić information content (AvgIpc) is 3.26. The van der Waals surface area contributed by atoms with E-state index in [2.05, 4.69) is 40.2 Å². The number of methoxy groups -OCH3 is 1. The molecular formula is C26H42N4O2. The molecule has 0 spiro atoms. The lowest BCUT2D eigenvalue weighted by Gasteiger charge is -2.39. The van der Waals surface area contributed by atoms with Gasteiger partial charge in [-0.25, -0.2) is 0 Å². The number of nitrogens with one attached hydrogen (secondary N) is 1. The SMILES string of the molecule is COC(=O)C1(CCNc2ccc(N3CCC(N4CCCC4C)CC3)cc2N)CCCCC1. The summed E-state index contributed by atoms with van der Waals surface area (Å²) in [5.74, 6) is -0.0472. The lowest BCUT2D eigenvalue weighted by molar-refractivity contribution is -0.155. The Morgan fingerprint density at radius 1 is 1.12 bits per heavy atom. The van der Waals surface area contributed by atoms with Crippen molar-refractivity contribution in [2.24, 2.45) is 5.41 Å². The zero-order chi connectivity index (χ0) is 22.6. The molecule has 0 aromatic heterocycles. The molecule has 1 saturated carbocycles. The van der Waals surface area contributed by atoms with Crippen LogP contribution in [-0.2, 0) is 9.53 Å². The molecule has 0 bridgehead atoms. The molecule has 6 nitrogen and oxygen atoms in total. The number of hydrogen-bond donors (Lipinski definition) is 2.